The fraction of sp³-hybridized carbons (Fsp3) is 0.429. The van der Waals surface area contributed by atoms with Gasteiger partial charge in [-0.15, -0.1) is 0 Å². The van der Waals surface area contributed by atoms with Gasteiger partial charge in [0.15, 0.2) is 9.84 Å². The summed E-state index contributed by atoms with van der Waals surface area (Å²) >= 11 is 1.01. The van der Waals surface area contributed by atoms with E-state index in [1.165, 1.54) is 4.90 Å². The zero-order valence-electron chi connectivity index (χ0n) is 17.2. The predicted octanol–water partition coefficient (Wildman–Crippen LogP) is 1.97. The molecule has 0 saturated carbocycles. The van der Waals surface area contributed by atoms with E-state index in [0.29, 0.717) is 12.1 Å². The molecule has 162 valence electrons. The largest absolute Gasteiger partial charge is 0.319 e. The lowest BCUT2D eigenvalue weighted by Crippen LogP contribution is -2.45. The van der Waals surface area contributed by atoms with Gasteiger partial charge in [-0.3, -0.25) is 9.59 Å². The third-order valence-electron chi connectivity index (χ3n) is 5.55. The fourth-order valence-electron chi connectivity index (χ4n) is 3.86. The Bertz CT molecular complexity index is 1110. The van der Waals surface area contributed by atoms with Crippen LogP contribution in [0.5, 0.6) is 0 Å². The van der Waals surface area contributed by atoms with Gasteiger partial charge >= 0.3 is 0 Å². The first-order valence-electron chi connectivity index (χ1n) is 9.66. The van der Waals surface area contributed by atoms with Crippen LogP contribution in [0.4, 0.5) is 5.69 Å². The normalized spacial score (nSPS) is 24.1. The molecule has 3 rings (SSSR count). The molecule has 0 radical (unpaired) electrons. The van der Waals surface area contributed by atoms with Crippen molar-refractivity contribution in [3.63, 3.8) is 0 Å². The van der Waals surface area contributed by atoms with Crippen LogP contribution in [-0.2, 0) is 19.4 Å². The molecule has 0 bridgehead atoms. The van der Waals surface area contributed by atoms with Crippen LogP contribution >= 0.6 is 11.8 Å². The molecule has 31 heavy (non-hydrogen) atoms. The van der Waals surface area contributed by atoms with Gasteiger partial charge in [0.25, 0.3) is 0 Å². The molecule has 1 aromatic carbocycles. The molecular weight excluding hydrogens is 436 g/mol. The number of carbonyl (C=O) groups is 2. The second-order valence-electron chi connectivity index (χ2n) is 8.03. The number of nitriles is 2. The van der Waals surface area contributed by atoms with Crippen molar-refractivity contribution in [1.29, 1.82) is 10.5 Å². The quantitative estimate of drug-likeness (QED) is 0.713. The lowest BCUT2D eigenvalue weighted by Gasteiger charge is -2.34. The van der Waals surface area contributed by atoms with Crippen LogP contribution < -0.4 is 10.2 Å². The summed E-state index contributed by atoms with van der Waals surface area (Å²) in [7, 11) is -3.20. The second kappa shape index (κ2) is 8.74. The fourth-order valence-corrected chi connectivity index (χ4v) is 6.60. The zero-order chi connectivity index (χ0) is 22.8. The summed E-state index contributed by atoms with van der Waals surface area (Å²) in [6.07, 6.45) is 0.355. The second-order valence-corrected chi connectivity index (χ2v) is 11.2. The minimum Gasteiger partial charge on any atom is -0.319 e. The maximum atomic E-state index is 13.2. The van der Waals surface area contributed by atoms with Crippen molar-refractivity contribution < 1.29 is 18.0 Å². The predicted molar refractivity (Wildman–Crippen MR) is 117 cm³/mol. The Morgan fingerprint density at radius 1 is 1.29 bits per heavy atom. The number of carbonyl (C=O) groups excluding carboxylic acids is 2. The van der Waals surface area contributed by atoms with Crippen LogP contribution in [0, 0.1) is 34.0 Å². The van der Waals surface area contributed by atoms with E-state index in [0.717, 1.165) is 11.8 Å². The highest BCUT2D eigenvalue weighted by Crippen LogP contribution is 2.42. The van der Waals surface area contributed by atoms with Crippen molar-refractivity contribution >= 4 is 39.1 Å². The van der Waals surface area contributed by atoms with Crippen molar-refractivity contribution in [2.45, 2.75) is 26.3 Å². The molecule has 2 aliphatic rings. The Balaban J connectivity index is 1.86. The molecule has 8 nitrogen and oxygen atoms in total. The minimum atomic E-state index is -3.20. The number of thioether (sulfide) groups is 1. The van der Waals surface area contributed by atoms with Gasteiger partial charge in [0.1, 0.15) is 5.92 Å². The molecular formula is C21H22N4O4S2. The van der Waals surface area contributed by atoms with Crippen LogP contribution in [0.1, 0.15) is 20.3 Å². The first kappa shape index (κ1) is 22.9. The molecule has 10 heteroatoms. The van der Waals surface area contributed by atoms with Gasteiger partial charge in [0.2, 0.25) is 11.8 Å². The molecule has 1 saturated heterocycles. The number of nitrogens with zero attached hydrogens (tertiary/aromatic N) is 3. The van der Waals surface area contributed by atoms with E-state index in [1.807, 2.05) is 12.1 Å². The van der Waals surface area contributed by atoms with Gasteiger partial charge in [-0.1, -0.05) is 43.8 Å². The molecule has 0 aliphatic carbocycles. The number of rotatable bonds is 5. The van der Waals surface area contributed by atoms with Crippen LogP contribution in [0.25, 0.3) is 0 Å². The Hall–Kier alpha value is -2.82. The molecule has 2 heterocycles. The standard InChI is InChI=1S/C21H22N4O4S2/c1-21(2)16(10-22)19(27)24-20(17(21)11-23)30-12-18(26)25(14-6-4-3-5-7-14)15-8-9-31(28,29)13-15/h3-7,15-16H,8-9,12-13H2,1-2H3,(H,24,27)/t15-,16+/m0/s1. The lowest BCUT2D eigenvalue weighted by molar-refractivity contribution is -0.125. The number of nitrogens with one attached hydrogen (secondary N) is 1. The van der Waals surface area contributed by atoms with E-state index in [9.17, 15) is 28.5 Å². The van der Waals surface area contributed by atoms with Crippen LogP contribution in [0.2, 0.25) is 0 Å². The summed E-state index contributed by atoms with van der Waals surface area (Å²) in [5.74, 6) is -2.00. The van der Waals surface area contributed by atoms with E-state index in [-0.39, 0.29) is 33.8 Å². The smallest absolute Gasteiger partial charge is 0.243 e. The summed E-state index contributed by atoms with van der Waals surface area (Å²) in [6.45, 7) is 3.31. The minimum absolute atomic E-state index is 0.0327. The average molecular weight is 459 g/mol. The van der Waals surface area contributed by atoms with Crippen molar-refractivity contribution in [2.75, 3.05) is 22.2 Å². The summed E-state index contributed by atoms with van der Waals surface area (Å²) in [5, 5.41) is 21.8. The van der Waals surface area contributed by atoms with E-state index in [1.54, 1.807) is 38.1 Å². The van der Waals surface area contributed by atoms with E-state index in [4.69, 9.17) is 0 Å². The number of allylic oxidation sites excluding steroid dienone is 1. The highest BCUT2D eigenvalue weighted by Gasteiger charge is 2.45. The van der Waals surface area contributed by atoms with Crippen molar-refractivity contribution in [3.8, 4) is 12.1 Å². The topological polar surface area (TPSA) is 131 Å². The Labute approximate surface area is 185 Å². The number of para-hydroxylation sites is 1. The van der Waals surface area contributed by atoms with Gasteiger partial charge in [0, 0.05) is 11.1 Å². The zero-order valence-corrected chi connectivity index (χ0v) is 18.8. The monoisotopic (exact) mass is 458 g/mol. The summed E-state index contributed by atoms with van der Waals surface area (Å²) in [4.78, 5) is 27.0. The number of anilines is 1. The summed E-state index contributed by atoms with van der Waals surface area (Å²) in [6, 6.07) is 12.4. The number of sulfone groups is 1. The molecule has 1 N–H and O–H groups in total. The molecule has 0 spiro atoms. The van der Waals surface area contributed by atoms with Crippen LogP contribution in [-0.4, -0.2) is 43.5 Å². The third-order valence-corrected chi connectivity index (χ3v) is 8.29. The van der Waals surface area contributed by atoms with Gasteiger partial charge in [-0.25, -0.2) is 8.42 Å². The molecule has 2 aliphatic heterocycles. The first-order valence-corrected chi connectivity index (χ1v) is 12.5. The molecule has 2 amide bonds. The van der Waals surface area contributed by atoms with Gasteiger partial charge in [-0.05, 0) is 18.6 Å². The van der Waals surface area contributed by atoms with Crippen LogP contribution in [0.15, 0.2) is 40.9 Å². The first-order chi connectivity index (χ1) is 14.6. The highest BCUT2D eigenvalue weighted by atomic mass is 32.2. The third kappa shape index (κ3) is 4.60. The van der Waals surface area contributed by atoms with E-state index >= 15 is 0 Å². The Morgan fingerprint density at radius 2 is 1.97 bits per heavy atom. The molecule has 0 aromatic heterocycles. The van der Waals surface area contributed by atoms with Crippen molar-refractivity contribution in [2.24, 2.45) is 11.3 Å². The Morgan fingerprint density at radius 3 is 2.52 bits per heavy atom. The molecule has 1 aromatic rings. The van der Waals surface area contributed by atoms with Gasteiger partial charge in [0.05, 0.1) is 46.0 Å². The van der Waals surface area contributed by atoms with Crippen molar-refractivity contribution in [1.82, 2.24) is 5.32 Å². The number of amides is 2. The number of hydrogen-bond acceptors (Lipinski definition) is 7. The maximum absolute atomic E-state index is 13.2. The Kier molecular flexibility index (Phi) is 6.44. The van der Waals surface area contributed by atoms with Crippen LogP contribution in [0.3, 0.4) is 0 Å². The van der Waals surface area contributed by atoms with Gasteiger partial charge in [-0.2, -0.15) is 10.5 Å². The average Bonchev–Trinajstić information content (AvgIpc) is 3.06. The van der Waals surface area contributed by atoms with Gasteiger partial charge < -0.3 is 10.2 Å². The lowest BCUT2D eigenvalue weighted by atomic mass is 9.72. The number of benzene rings is 1. The highest BCUT2D eigenvalue weighted by molar-refractivity contribution is 8.03. The van der Waals surface area contributed by atoms with E-state index < -0.39 is 33.1 Å². The molecule has 1 fully saturated rings. The molecule has 2 atom stereocenters. The number of hydrogen-bond donors (Lipinski definition) is 1. The SMILES string of the molecule is CC1(C)C(C#N)=C(SCC(=O)N(c2ccccc2)[C@H]2CCS(=O)(=O)C2)NC(=O)[C@H]1C#N. The molecule has 0 unspecified atom stereocenters. The summed E-state index contributed by atoms with van der Waals surface area (Å²) in [5.41, 5.74) is -0.149. The maximum Gasteiger partial charge on any atom is 0.243 e. The van der Waals surface area contributed by atoms with E-state index in [2.05, 4.69) is 11.4 Å². The summed E-state index contributed by atoms with van der Waals surface area (Å²) < 4.78 is 24.0. The van der Waals surface area contributed by atoms with Crippen molar-refractivity contribution in [3.05, 3.63) is 40.9 Å².